The number of hydrogen-bond acceptors (Lipinski definition) is 6. The van der Waals surface area contributed by atoms with Crippen LogP contribution in [0.5, 0.6) is 0 Å². The molecule has 1 unspecified atom stereocenters. The highest BCUT2D eigenvalue weighted by atomic mass is 32.2. The van der Waals surface area contributed by atoms with Crippen LogP contribution in [0.25, 0.3) is 11.0 Å². The minimum Gasteiger partial charge on any atom is -0.397 e. The van der Waals surface area contributed by atoms with Gasteiger partial charge in [0.05, 0.1) is 11.4 Å². The zero-order chi connectivity index (χ0) is 12.3. The first-order valence-corrected chi connectivity index (χ1v) is 6.78. The van der Waals surface area contributed by atoms with Gasteiger partial charge in [0, 0.05) is 11.8 Å². The van der Waals surface area contributed by atoms with Crippen LogP contribution in [0.3, 0.4) is 0 Å². The van der Waals surface area contributed by atoms with E-state index in [9.17, 15) is 0 Å². The lowest BCUT2D eigenvalue weighted by Crippen LogP contribution is -2.08. The van der Waals surface area contributed by atoms with Crippen LogP contribution in [0.15, 0.2) is 16.8 Å². The van der Waals surface area contributed by atoms with Gasteiger partial charge in [0.2, 0.25) is 0 Å². The second-order valence-electron chi connectivity index (χ2n) is 3.93. The highest BCUT2D eigenvalue weighted by Gasteiger charge is 2.09. The fourth-order valence-electron chi connectivity index (χ4n) is 1.56. The summed E-state index contributed by atoms with van der Waals surface area (Å²) in [4.78, 5) is 0. The number of hydrogen-bond donors (Lipinski definition) is 2. The number of nitrogen functional groups attached to an aromatic ring is 1. The number of nitrogens with zero attached hydrogens (tertiary/aromatic N) is 2. The van der Waals surface area contributed by atoms with E-state index in [1.54, 1.807) is 0 Å². The molecular weight excluding hydrogens is 236 g/mol. The molecule has 0 spiro atoms. The summed E-state index contributed by atoms with van der Waals surface area (Å²) in [6, 6.07) is 3.72. The quantitative estimate of drug-likeness (QED) is 0.795. The summed E-state index contributed by atoms with van der Waals surface area (Å²) in [6.45, 7) is 3.11. The van der Waals surface area contributed by atoms with E-state index >= 15 is 0 Å². The summed E-state index contributed by atoms with van der Waals surface area (Å²) in [7, 11) is 0. The fourth-order valence-corrected chi connectivity index (χ4v) is 1.91. The first kappa shape index (κ1) is 12.0. The molecule has 2 aromatic rings. The molecule has 0 aliphatic rings. The third-order valence-corrected chi connectivity index (χ3v) is 3.76. The maximum atomic E-state index is 5.77. The SMILES string of the molecule is CSC(C)CCNc1ccc(N)c2nonc12. The number of nitrogens with two attached hydrogens (primary N) is 1. The van der Waals surface area contributed by atoms with Gasteiger partial charge in [-0.25, -0.2) is 4.63 Å². The monoisotopic (exact) mass is 252 g/mol. The lowest BCUT2D eigenvalue weighted by Gasteiger charge is -2.10. The van der Waals surface area contributed by atoms with Crippen LogP contribution < -0.4 is 11.1 Å². The number of anilines is 2. The van der Waals surface area contributed by atoms with Gasteiger partial charge in [-0.2, -0.15) is 11.8 Å². The molecule has 2 rings (SSSR count). The zero-order valence-electron chi connectivity index (χ0n) is 9.93. The first-order chi connectivity index (χ1) is 8.22. The van der Waals surface area contributed by atoms with E-state index < -0.39 is 0 Å². The van der Waals surface area contributed by atoms with Crippen LogP contribution in [0.2, 0.25) is 0 Å². The largest absolute Gasteiger partial charge is 0.397 e. The van der Waals surface area contributed by atoms with Crippen LogP contribution >= 0.6 is 11.8 Å². The smallest absolute Gasteiger partial charge is 0.160 e. The first-order valence-electron chi connectivity index (χ1n) is 5.49. The number of benzene rings is 1. The van der Waals surface area contributed by atoms with Crippen molar-refractivity contribution in [2.24, 2.45) is 0 Å². The van der Waals surface area contributed by atoms with E-state index in [0.717, 1.165) is 18.7 Å². The molecule has 0 saturated carbocycles. The van der Waals surface area contributed by atoms with Crippen LogP contribution in [0.4, 0.5) is 11.4 Å². The molecule has 0 aliphatic heterocycles. The van der Waals surface area contributed by atoms with Crippen molar-refractivity contribution in [3.63, 3.8) is 0 Å². The molecule has 0 fully saturated rings. The molecule has 1 aromatic carbocycles. The van der Waals surface area contributed by atoms with E-state index in [4.69, 9.17) is 10.4 Å². The van der Waals surface area contributed by atoms with Crippen molar-refractivity contribution in [3.05, 3.63) is 12.1 Å². The van der Waals surface area contributed by atoms with Gasteiger partial charge in [-0.15, -0.1) is 0 Å². The standard InChI is InChI=1S/C11H16N4OS/c1-7(17-2)5-6-13-9-4-3-8(12)10-11(9)15-16-14-10/h3-4,7,13H,5-6,12H2,1-2H3. The Balaban J connectivity index is 2.09. The number of fused-ring (bicyclic) bond motifs is 1. The molecule has 1 atom stereocenters. The lowest BCUT2D eigenvalue weighted by molar-refractivity contribution is 0.316. The van der Waals surface area contributed by atoms with Gasteiger partial charge in [-0.1, -0.05) is 6.92 Å². The summed E-state index contributed by atoms with van der Waals surface area (Å²) in [5, 5.41) is 11.6. The summed E-state index contributed by atoms with van der Waals surface area (Å²) in [6.07, 6.45) is 3.21. The molecular formula is C11H16N4OS. The molecule has 1 aromatic heterocycles. The van der Waals surface area contributed by atoms with E-state index in [-0.39, 0.29) is 0 Å². The fraction of sp³-hybridized carbons (Fsp3) is 0.455. The third kappa shape index (κ3) is 2.63. The lowest BCUT2D eigenvalue weighted by atomic mass is 10.2. The van der Waals surface area contributed by atoms with Crippen molar-refractivity contribution >= 4 is 34.2 Å². The number of rotatable bonds is 5. The number of nitrogens with one attached hydrogen (secondary N) is 1. The Labute approximate surface area is 104 Å². The molecule has 0 aliphatic carbocycles. The predicted octanol–water partition coefficient (Wildman–Crippen LogP) is 2.36. The van der Waals surface area contributed by atoms with Gasteiger partial charge in [-0.05, 0) is 35.1 Å². The molecule has 92 valence electrons. The summed E-state index contributed by atoms with van der Waals surface area (Å²) >= 11 is 1.86. The second-order valence-corrected chi connectivity index (χ2v) is 5.20. The molecule has 0 radical (unpaired) electrons. The molecule has 0 amide bonds. The van der Waals surface area contributed by atoms with E-state index in [1.807, 2.05) is 23.9 Å². The van der Waals surface area contributed by atoms with Crippen LogP contribution in [0, 0.1) is 0 Å². The molecule has 17 heavy (non-hydrogen) atoms. The van der Waals surface area contributed by atoms with Crippen LogP contribution in [-0.2, 0) is 0 Å². The van der Waals surface area contributed by atoms with Crippen LogP contribution in [0.1, 0.15) is 13.3 Å². The van der Waals surface area contributed by atoms with Gasteiger partial charge < -0.3 is 11.1 Å². The maximum Gasteiger partial charge on any atom is 0.160 e. The minimum absolute atomic E-state index is 0.587. The van der Waals surface area contributed by atoms with Crippen molar-refractivity contribution in [2.45, 2.75) is 18.6 Å². The highest BCUT2D eigenvalue weighted by molar-refractivity contribution is 7.99. The van der Waals surface area contributed by atoms with Gasteiger partial charge in [0.15, 0.2) is 11.0 Å². The van der Waals surface area contributed by atoms with E-state index in [2.05, 4.69) is 28.8 Å². The van der Waals surface area contributed by atoms with Crippen molar-refractivity contribution < 1.29 is 4.63 Å². The summed E-state index contributed by atoms with van der Waals surface area (Å²) in [5.41, 5.74) is 8.60. The van der Waals surface area contributed by atoms with Gasteiger partial charge in [-0.3, -0.25) is 0 Å². The Kier molecular flexibility index (Phi) is 3.73. The van der Waals surface area contributed by atoms with Crippen LogP contribution in [-0.4, -0.2) is 28.4 Å². The van der Waals surface area contributed by atoms with E-state index in [0.29, 0.717) is 22.0 Å². The van der Waals surface area contributed by atoms with Gasteiger partial charge in [0.25, 0.3) is 0 Å². The van der Waals surface area contributed by atoms with Gasteiger partial charge in [0.1, 0.15) is 0 Å². The van der Waals surface area contributed by atoms with Crippen molar-refractivity contribution in [1.82, 2.24) is 10.3 Å². The van der Waals surface area contributed by atoms with Crippen molar-refractivity contribution in [2.75, 3.05) is 23.9 Å². The number of thioether (sulfide) groups is 1. The van der Waals surface area contributed by atoms with E-state index in [1.165, 1.54) is 0 Å². The predicted molar refractivity (Wildman–Crippen MR) is 72.3 cm³/mol. The maximum absolute atomic E-state index is 5.77. The second kappa shape index (κ2) is 5.27. The van der Waals surface area contributed by atoms with Crippen molar-refractivity contribution in [1.29, 1.82) is 0 Å². The molecule has 0 bridgehead atoms. The highest BCUT2D eigenvalue weighted by Crippen LogP contribution is 2.25. The Hall–Kier alpha value is -1.43. The minimum atomic E-state index is 0.587. The Morgan fingerprint density at radius 1 is 1.41 bits per heavy atom. The Morgan fingerprint density at radius 3 is 2.94 bits per heavy atom. The zero-order valence-corrected chi connectivity index (χ0v) is 10.8. The Morgan fingerprint density at radius 2 is 2.18 bits per heavy atom. The average molecular weight is 252 g/mol. The van der Waals surface area contributed by atoms with Gasteiger partial charge >= 0.3 is 0 Å². The normalized spacial score (nSPS) is 12.8. The average Bonchev–Trinajstić information content (AvgIpc) is 2.82. The molecule has 1 heterocycles. The molecule has 6 heteroatoms. The molecule has 5 nitrogen and oxygen atoms in total. The molecule has 3 N–H and O–H groups in total. The summed E-state index contributed by atoms with van der Waals surface area (Å²) < 4.78 is 4.71. The number of aromatic nitrogens is 2. The summed E-state index contributed by atoms with van der Waals surface area (Å²) in [5.74, 6) is 0. The van der Waals surface area contributed by atoms with Crippen molar-refractivity contribution in [3.8, 4) is 0 Å². The Bertz CT molecular complexity index is 499. The third-order valence-electron chi connectivity index (χ3n) is 2.72. The molecule has 0 saturated heterocycles. The topological polar surface area (TPSA) is 77.0 Å².